The molecule has 1 aliphatic rings. The van der Waals surface area contributed by atoms with Crippen LogP contribution in [0.3, 0.4) is 0 Å². The Labute approximate surface area is 140 Å². The van der Waals surface area contributed by atoms with Gasteiger partial charge < -0.3 is 5.32 Å². The van der Waals surface area contributed by atoms with Gasteiger partial charge in [-0.15, -0.1) is 0 Å². The lowest BCUT2D eigenvalue weighted by molar-refractivity contribution is -0.202. The predicted molar refractivity (Wildman–Crippen MR) is 78.8 cm³/mol. The highest BCUT2D eigenvalue weighted by atomic mass is 19.4. The van der Waals surface area contributed by atoms with Gasteiger partial charge in [0.2, 0.25) is 5.91 Å². The highest BCUT2D eigenvalue weighted by Crippen LogP contribution is 2.37. The number of halogens is 4. The van der Waals surface area contributed by atoms with E-state index in [-0.39, 0.29) is 4.90 Å². The van der Waals surface area contributed by atoms with Gasteiger partial charge in [0.1, 0.15) is 5.82 Å². The molecule has 4 amide bonds. The van der Waals surface area contributed by atoms with Crippen molar-refractivity contribution in [1.82, 2.24) is 10.6 Å². The first kappa shape index (κ1) is 18.7. The van der Waals surface area contributed by atoms with Gasteiger partial charge in [0, 0.05) is 5.41 Å². The minimum Gasteiger partial charge on any atom is -0.317 e. The van der Waals surface area contributed by atoms with Gasteiger partial charge in [-0.1, -0.05) is 32.9 Å². The van der Waals surface area contributed by atoms with Crippen molar-refractivity contribution in [2.45, 2.75) is 32.6 Å². The smallest absolute Gasteiger partial charge is 0.317 e. The Morgan fingerprint density at radius 3 is 2.20 bits per heavy atom. The minimum absolute atomic E-state index is 0.0196. The lowest BCUT2D eigenvalue weighted by atomic mass is 9.94. The predicted octanol–water partition coefficient (Wildman–Crippen LogP) is 2.30. The molecule has 1 fully saturated rings. The molecule has 0 aliphatic carbocycles. The fourth-order valence-electron chi connectivity index (χ4n) is 2.09. The van der Waals surface area contributed by atoms with Crippen LogP contribution in [0.4, 0.5) is 28.0 Å². The van der Waals surface area contributed by atoms with E-state index in [9.17, 15) is 31.9 Å². The van der Waals surface area contributed by atoms with Crippen LogP contribution < -0.4 is 15.5 Å². The van der Waals surface area contributed by atoms with Crippen LogP contribution in [0.2, 0.25) is 0 Å². The number of nitrogens with zero attached hydrogens (tertiary/aromatic N) is 1. The zero-order valence-corrected chi connectivity index (χ0v) is 13.5. The molecule has 1 atom stereocenters. The largest absolute Gasteiger partial charge is 0.440 e. The Morgan fingerprint density at radius 1 is 1.16 bits per heavy atom. The van der Waals surface area contributed by atoms with E-state index in [1.54, 1.807) is 5.32 Å². The first-order valence-electron chi connectivity index (χ1n) is 7.12. The topological polar surface area (TPSA) is 78.5 Å². The van der Waals surface area contributed by atoms with Crippen molar-refractivity contribution in [3.8, 4) is 0 Å². The second-order valence-electron chi connectivity index (χ2n) is 6.47. The van der Waals surface area contributed by atoms with E-state index in [4.69, 9.17) is 0 Å². The number of hydrogen-bond acceptors (Lipinski definition) is 3. The second-order valence-corrected chi connectivity index (χ2v) is 6.47. The van der Waals surface area contributed by atoms with E-state index in [0.29, 0.717) is 0 Å². The molecular weight excluding hydrogens is 346 g/mol. The van der Waals surface area contributed by atoms with Crippen LogP contribution in [0.5, 0.6) is 0 Å². The Bertz CT molecular complexity index is 742. The van der Waals surface area contributed by atoms with Crippen molar-refractivity contribution in [2.24, 2.45) is 5.41 Å². The summed E-state index contributed by atoms with van der Waals surface area (Å²) in [5, 5.41) is 3.01. The minimum atomic E-state index is -5.35. The van der Waals surface area contributed by atoms with Gasteiger partial charge in [0.05, 0.1) is 5.69 Å². The zero-order chi connectivity index (χ0) is 19.2. The first-order chi connectivity index (χ1) is 11.3. The van der Waals surface area contributed by atoms with Crippen LogP contribution in [0.15, 0.2) is 24.3 Å². The number of hydrogen-bond donors (Lipinski definition) is 2. The van der Waals surface area contributed by atoms with E-state index >= 15 is 0 Å². The van der Waals surface area contributed by atoms with Crippen molar-refractivity contribution < 1.29 is 31.9 Å². The number of nitrogens with one attached hydrogen (secondary N) is 2. The molecule has 1 aromatic rings. The average molecular weight is 361 g/mol. The number of alkyl halides is 3. The summed E-state index contributed by atoms with van der Waals surface area (Å²) in [5.74, 6) is -4.02. The van der Waals surface area contributed by atoms with Crippen LogP contribution in [0.1, 0.15) is 20.8 Å². The van der Waals surface area contributed by atoms with Crippen LogP contribution in [-0.4, -0.2) is 29.7 Å². The van der Waals surface area contributed by atoms with E-state index in [0.717, 1.165) is 12.1 Å². The van der Waals surface area contributed by atoms with E-state index < -0.39 is 46.6 Å². The standard InChI is InChI=1S/C15H15F4N3O3/c1-13(2,3)10(23)20-14(15(17,18)19)11(24)22(12(25)21-14)9-7-5-4-6-8(9)16/h4-7H,1-3H3,(H,20,23)(H,21,25)/t14-/m0/s1. The number of anilines is 1. The fraction of sp³-hybridized carbons (Fsp3) is 0.400. The molecule has 0 bridgehead atoms. The Morgan fingerprint density at radius 2 is 1.72 bits per heavy atom. The van der Waals surface area contributed by atoms with Crippen LogP contribution in [0, 0.1) is 11.2 Å². The number of imide groups is 1. The normalized spacial score (nSPS) is 21.3. The number of carbonyl (C=O) groups excluding carboxylic acids is 3. The summed E-state index contributed by atoms with van der Waals surface area (Å²) in [6, 6.07) is 2.86. The van der Waals surface area contributed by atoms with Gasteiger partial charge in [-0.2, -0.15) is 13.2 Å². The van der Waals surface area contributed by atoms with E-state index in [1.807, 2.05) is 0 Å². The summed E-state index contributed by atoms with van der Waals surface area (Å²) < 4.78 is 54.7. The van der Waals surface area contributed by atoms with Crippen molar-refractivity contribution in [3.05, 3.63) is 30.1 Å². The number of amides is 4. The third kappa shape index (κ3) is 3.03. The number of rotatable bonds is 2. The Balaban J connectivity index is 2.53. The third-order valence-corrected chi connectivity index (χ3v) is 3.52. The number of carbonyl (C=O) groups is 3. The second kappa shape index (κ2) is 5.71. The quantitative estimate of drug-likeness (QED) is 0.627. The van der Waals surface area contributed by atoms with Crippen LogP contribution in [-0.2, 0) is 9.59 Å². The van der Waals surface area contributed by atoms with Crippen molar-refractivity contribution in [3.63, 3.8) is 0 Å². The fourth-order valence-corrected chi connectivity index (χ4v) is 2.09. The van der Waals surface area contributed by atoms with Gasteiger partial charge in [-0.25, -0.2) is 14.1 Å². The van der Waals surface area contributed by atoms with Gasteiger partial charge in [-0.3, -0.25) is 14.9 Å². The van der Waals surface area contributed by atoms with Crippen molar-refractivity contribution in [2.75, 3.05) is 4.90 Å². The summed E-state index contributed by atoms with van der Waals surface area (Å²) in [5.41, 5.74) is -5.59. The molecule has 2 N–H and O–H groups in total. The highest BCUT2D eigenvalue weighted by Gasteiger charge is 2.69. The maximum atomic E-state index is 13.8. The number of para-hydroxylation sites is 1. The first-order valence-corrected chi connectivity index (χ1v) is 7.12. The molecule has 1 heterocycles. The summed E-state index contributed by atoms with van der Waals surface area (Å²) in [4.78, 5) is 36.5. The van der Waals surface area contributed by atoms with Gasteiger partial charge in [-0.05, 0) is 12.1 Å². The molecule has 1 aromatic carbocycles. The lowest BCUT2D eigenvalue weighted by Crippen LogP contribution is -2.70. The molecule has 1 saturated heterocycles. The number of benzene rings is 1. The maximum absolute atomic E-state index is 13.8. The molecule has 0 radical (unpaired) electrons. The SMILES string of the molecule is CC(C)(C)C(=O)N[C@]1(C(F)(F)F)NC(=O)N(c2ccccc2F)C1=O. The van der Waals surface area contributed by atoms with Crippen molar-refractivity contribution in [1.29, 1.82) is 0 Å². The number of urea groups is 1. The molecule has 1 aliphatic heterocycles. The van der Waals surface area contributed by atoms with Gasteiger partial charge in [0.15, 0.2) is 0 Å². The monoisotopic (exact) mass is 361 g/mol. The lowest BCUT2D eigenvalue weighted by Gasteiger charge is -2.32. The molecule has 0 unspecified atom stereocenters. The molecule has 0 aromatic heterocycles. The highest BCUT2D eigenvalue weighted by molar-refractivity contribution is 6.24. The Hall–Kier alpha value is -2.65. The molecule has 2 rings (SSSR count). The van der Waals surface area contributed by atoms with Gasteiger partial charge >= 0.3 is 12.2 Å². The summed E-state index contributed by atoms with van der Waals surface area (Å²) in [6.45, 7) is 4.01. The summed E-state index contributed by atoms with van der Waals surface area (Å²) in [7, 11) is 0. The van der Waals surface area contributed by atoms with Gasteiger partial charge in [0.25, 0.3) is 11.6 Å². The molecule has 25 heavy (non-hydrogen) atoms. The molecule has 0 saturated carbocycles. The summed E-state index contributed by atoms with van der Waals surface area (Å²) >= 11 is 0. The third-order valence-electron chi connectivity index (χ3n) is 3.52. The molecule has 10 heteroatoms. The molecule has 136 valence electrons. The maximum Gasteiger partial charge on any atom is 0.440 e. The van der Waals surface area contributed by atoms with Crippen molar-refractivity contribution >= 4 is 23.5 Å². The van der Waals surface area contributed by atoms with Crippen LogP contribution >= 0.6 is 0 Å². The summed E-state index contributed by atoms with van der Waals surface area (Å²) in [6.07, 6.45) is -5.35. The zero-order valence-electron chi connectivity index (χ0n) is 13.5. The molecular formula is C15H15F4N3O3. The molecule has 0 spiro atoms. The molecule has 6 nitrogen and oxygen atoms in total. The average Bonchev–Trinajstić information content (AvgIpc) is 2.70. The van der Waals surface area contributed by atoms with E-state index in [1.165, 1.54) is 38.2 Å². The Kier molecular flexibility index (Phi) is 4.27. The van der Waals surface area contributed by atoms with E-state index in [2.05, 4.69) is 0 Å². The van der Waals surface area contributed by atoms with Crippen LogP contribution in [0.25, 0.3) is 0 Å².